The fourth-order valence-electron chi connectivity index (χ4n) is 5.65. The molecular weight excluding hydrogens is 522 g/mol. The van der Waals surface area contributed by atoms with E-state index in [4.69, 9.17) is 0 Å². The van der Waals surface area contributed by atoms with Crippen molar-refractivity contribution in [2.45, 2.75) is 212 Å². The second-order valence-corrected chi connectivity index (χ2v) is 12.8. The van der Waals surface area contributed by atoms with Crippen LogP contribution in [0.5, 0.6) is 0 Å². The Labute approximate surface area is 261 Å². The van der Waals surface area contributed by atoms with Crippen molar-refractivity contribution in [3.8, 4) is 0 Å². The predicted octanol–water partition coefficient (Wildman–Crippen LogP) is 9.70. The first-order valence-electron chi connectivity index (χ1n) is 18.5. The Bertz CT molecular complexity index is 582. The number of nitrogens with one attached hydrogen (secondary N) is 1. The zero-order valence-corrected chi connectivity index (χ0v) is 28.1. The predicted molar refractivity (Wildman–Crippen MR) is 181 cm³/mol. The molecule has 42 heavy (non-hydrogen) atoms. The molecule has 3 unspecified atom stereocenters. The molecule has 0 radical (unpaired) electrons. The average molecular weight is 596 g/mol. The van der Waals surface area contributed by atoms with E-state index in [9.17, 15) is 20.1 Å². The number of unbranched alkanes of at least 4 members (excludes halogenated alkanes) is 23. The van der Waals surface area contributed by atoms with Crippen LogP contribution in [0.25, 0.3) is 0 Å². The van der Waals surface area contributed by atoms with Crippen molar-refractivity contribution >= 4 is 5.91 Å². The highest BCUT2D eigenvalue weighted by atomic mass is 16.3. The third kappa shape index (κ3) is 27.9. The Morgan fingerprint density at radius 2 is 0.905 bits per heavy atom. The Balaban J connectivity index is 3.70. The lowest BCUT2D eigenvalue weighted by molar-refractivity contribution is -0.131. The summed E-state index contributed by atoms with van der Waals surface area (Å²) in [5.41, 5.74) is 0. The van der Waals surface area contributed by atoms with Crippen molar-refractivity contribution in [3.63, 3.8) is 0 Å². The third-order valence-corrected chi connectivity index (χ3v) is 8.63. The van der Waals surface area contributed by atoms with Gasteiger partial charge < -0.3 is 20.6 Å². The van der Waals surface area contributed by atoms with E-state index >= 15 is 0 Å². The van der Waals surface area contributed by atoms with Gasteiger partial charge in [0.25, 0.3) is 0 Å². The largest absolute Gasteiger partial charge is 0.394 e. The summed E-state index contributed by atoms with van der Waals surface area (Å²) in [6.45, 7) is 4.21. The maximum absolute atomic E-state index is 12.4. The molecule has 0 fully saturated rings. The Kier molecular flexibility index (Phi) is 32.3. The minimum atomic E-state index is -1.08. The van der Waals surface area contributed by atoms with Gasteiger partial charge in [0.1, 0.15) is 6.10 Å². The van der Waals surface area contributed by atoms with Crippen LogP contribution in [0.15, 0.2) is 12.2 Å². The number of carbonyl (C=O) groups excluding carboxylic acids is 1. The summed E-state index contributed by atoms with van der Waals surface area (Å²) in [5, 5.41) is 33.1. The van der Waals surface area contributed by atoms with Crippen molar-refractivity contribution in [1.29, 1.82) is 0 Å². The van der Waals surface area contributed by atoms with Crippen LogP contribution >= 0.6 is 0 Å². The highest BCUT2D eigenvalue weighted by Gasteiger charge is 2.23. The molecule has 0 saturated heterocycles. The second-order valence-electron chi connectivity index (χ2n) is 12.8. The Morgan fingerprint density at radius 1 is 0.548 bits per heavy atom. The fraction of sp³-hybridized carbons (Fsp3) is 0.919. The molecule has 0 aromatic carbocycles. The number of rotatable bonds is 33. The lowest BCUT2D eigenvalue weighted by Crippen LogP contribution is -2.49. The summed E-state index contributed by atoms with van der Waals surface area (Å²) < 4.78 is 0. The molecule has 250 valence electrons. The van der Waals surface area contributed by atoms with E-state index in [1.165, 1.54) is 122 Å². The zero-order chi connectivity index (χ0) is 30.9. The summed E-state index contributed by atoms with van der Waals surface area (Å²) in [5.74, 6) is -0.480. The highest BCUT2D eigenvalue weighted by Crippen LogP contribution is 2.15. The zero-order valence-electron chi connectivity index (χ0n) is 28.1. The van der Waals surface area contributed by atoms with E-state index in [0.717, 1.165) is 44.9 Å². The Hall–Kier alpha value is -0.910. The summed E-state index contributed by atoms with van der Waals surface area (Å²) in [4.78, 5) is 12.4. The number of amides is 1. The number of aliphatic hydroxyl groups excluding tert-OH is 3. The summed E-state index contributed by atoms with van der Waals surface area (Å²) in [7, 11) is 0. The van der Waals surface area contributed by atoms with Gasteiger partial charge in [0.2, 0.25) is 5.91 Å². The minimum Gasteiger partial charge on any atom is -0.394 e. The number of hydrogen-bond acceptors (Lipinski definition) is 4. The van der Waals surface area contributed by atoms with E-state index in [-0.39, 0.29) is 6.61 Å². The highest BCUT2D eigenvalue weighted by molar-refractivity contribution is 5.80. The molecule has 0 aliphatic carbocycles. The molecule has 5 heteroatoms. The summed E-state index contributed by atoms with van der Waals surface area (Å²) >= 11 is 0. The number of allylic oxidation sites excluding steroid dienone is 2. The lowest BCUT2D eigenvalue weighted by atomic mass is 10.0. The van der Waals surface area contributed by atoms with Gasteiger partial charge >= 0.3 is 0 Å². The molecule has 0 aliphatic heterocycles. The molecule has 0 spiro atoms. The smallest absolute Gasteiger partial charge is 0.249 e. The van der Waals surface area contributed by atoms with Crippen molar-refractivity contribution in [3.05, 3.63) is 12.2 Å². The van der Waals surface area contributed by atoms with Gasteiger partial charge in [-0.15, -0.1) is 0 Å². The van der Waals surface area contributed by atoms with Gasteiger partial charge in [-0.2, -0.15) is 0 Å². The molecule has 0 aliphatic rings. The van der Waals surface area contributed by atoms with E-state index in [1.54, 1.807) is 0 Å². The van der Waals surface area contributed by atoms with Crippen LogP contribution < -0.4 is 5.32 Å². The van der Waals surface area contributed by atoms with E-state index in [1.807, 2.05) is 0 Å². The maximum Gasteiger partial charge on any atom is 0.249 e. The molecule has 0 aromatic heterocycles. The fourth-order valence-corrected chi connectivity index (χ4v) is 5.65. The van der Waals surface area contributed by atoms with Gasteiger partial charge in [0.05, 0.1) is 18.8 Å². The van der Waals surface area contributed by atoms with Crippen LogP contribution in [0.3, 0.4) is 0 Å². The average Bonchev–Trinajstić information content (AvgIpc) is 2.99. The van der Waals surface area contributed by atoms with Gasteiger partial charge in [0, 0.05) is 0 Å². The lowest BCUT2D eigenvalue weighted by Gasteiger charge is -2.23. The summed E-state index contributed by atoms with van der Waals surface area (Å²) in [6.07, 6.45) is 36.2. The molecule has 3 atom stereocenters. The molecule has 0 saturated carbocycles. The summed E-state index contributed by atoms with van der Waals surface area (Å²) in [6, 6.07) is -0.711. The van der Waals surface area contributed by atoms with Gasteiger partial charge in [0.15, 0.2) is 0 Å². The minimum absolute atomic E-state index is 0.315. The molecular formula is C37H73NO4. The standard InChI is InChI=1S/C37H73NO4/c1-3-5-7-9-11-13-15-17-18-20-22-24-26-28-30-32-36(41)37(42)38-34(33-39)35(40)31-29-27-25-23-21-19-16-14-12-10-8-6-4-2/h18,20,34-36,39-41H,3-17,19,21-33H2,1-2H3,(H,38,42)/b20-18-. The van der Waals surface area contributed by atoms with E-state index in [2.05, 4.69) is 31.3 Å². The third-order valence-electron chi connectivity index (χ3n) is 8.63. The van der Waals surface area contributed by atoms with Gasteiger partial charge in [-0.1, -0.05) is 167 Å². The maximum atomic E-state index is 12.4. The van der Waals surface area contributed by atoms with Crippen molar-refractivity contribution in [1.82, 2.24) is 5.32 Å². The van der Waals surface area contributed by atoms with Crippen LogP contribution in [0, 0.1) is 0 Å². The normalized spacial score (nSPS) is 13.9. The van der Waals surface area contributed by atoms with Gasteiger partial charge in [-0.05, 0) is 38.5 Å². The van der Waals surface area contributed by atoms with Crippen LogP contribution in [0.4, 0.5) is 0 Å². The molecule has 1 amide bonds. The molecule has 0 bridgehead atoms. The number of carbonyl (C=O) groups is 1. The first kappa shape index (κ1) is 41.1. The topological polar surface area (TPSA) is 89.8 Å². The quantitative estimate of drug-likeness (QED) is 0.0449. The van der Waals surface area contributed by atoms with Gasteiger partial charge in [-0.3, -0.25) is 4.79 Å². The molecule has 4 N–H and O–H groups in total. The molecule has 0 aromatic rings. The molecule has 5 nitrogen and oxygen atoms in total. The van der Waals surface area contributed by atoms with Crippen LogP contribution in [0.2, 0.25) is 0 Å². The van der Waals surface area contributed by atoms with Gasteiger partial charge in [-0.25, -0.2) is 0 Å². The first-order chi connectivity index (χ1) is 20.6. The monoisotopic (exact) mass is 596 g/mol. The first-order valence-corrected chi connectivity index (χ1v) is 18.5. The van der Waals surface area contributed by atoms with Crippen molar-refractivity contribution < 1.29 is 20.1 Å². The number of aliphatic hydroxyl groups is 3. The van der Waals surface area contributed by atoms with E-state index in [0.29, 0.717) is 12.8 Å². The molecule has 0 rings (SSSR count). The van der Waals surface area contributed by atoms with E-state index < -0.39 is 24.2 Å². The Morgan fingerprint density at radius 3 is 1.31 bits per heavy atom. The second kappa shape index (κ2) is 33.0. The van der Waals surface area contributed by atoms with Crippen LogP contribution in [0.1, 0.15) is 194 Å². The van der Waals surface area contributed by atoms with Crippen LogP contribution in [-0.2, 0) is 4.79 Å². The SMILES string of the molecule is CCCCCCCCC/C=C\CCCCCCC(O)C(=O)NC(CO)C(O)CCCCCCCCCCCCCCC. The van der Waals surface area contributed by atoms with Crippen molar-refractivity contribution in [2.75, 3.05) is 6.61 Å². The van der Waals surface area contributed by atoms with Crippen molar-refractivity contribution in [2.24, 2.45) is 0 Å². The molecule has 0 heterocycles. The van der Waals surface area contributed by atoms with Crippen LogP contribution in [-0.4, -0.2) is 46.1 Å². The number of hydrogen-bond donors (Lipinski definition) is 4.